The summed E-state index contributed by atoms with van der Waals surface area (Å²) in [6.45, 7) is 0.423. The Morgan fingerprint density at radius 2 is 2.36 bits per heavy atom. The first-order chi connectivity index (χ1) is 6.59. The van der Waals surface area contributed by atoms with Crippen LogP contribution in [0.25, 0.3) is 0 Å². The summed E-state index contributed by atoms with van der Waals surface area (Å²) < 4.78 is 5.57. The van der Waals surface area contributed by atoms with Gasteiger partial charge in [-0.25, -0.2) is 0 Å². The molecule has 4 nitrogen and oxygen atoms in total. The third-order valence-electron chi connectivity index (χ3n) is 1.45. The Hall–Kier alpha value is -0.880. The first-order valence-electron chi connectivity index (χ1n) is 3.91. The Bertz CT molecular complexity index is 351. The first-order valence-corrected chi connectivity index (χ1v) is 5.11. The molecule has 1 rings (SSSR count). The topological polar surface area (TPSA) is 68.3 Å². The van der Waals surface area contributed by atoms with Crippen LogP contribution in [0.4, 0.5) is 0 Å². The van der Waals surface area contributed by atoms with E-state index in [9.17, 15) is 4.79 Å². The van der Waals surface area contributed by atoms with Crippen LogP contribution in [0.1, 0.15) is 17.0 Å². The van der Waals surface area contributed by atoms with Gasteiger partial charge >= 0.3 is 0 Å². The molecule has 14 heavy (non-hydrogen) atoms. The number of hydrogen-bond acceptors (Lipinski definition) is 3. The second-order valence-corrected chi connectivity index (χ2v) is 3.88. The number of nitrogens with two attached hydrogens (primary N) is 1. The van der Waals surface area contributed by atoms with Crippen LogP contribution in [0, 0.1) is 0 Å². The van der Waals surface area contributed by atoms with Gasteiger partial charge in [-0.15, -0.1) is 0 Å². The van der Waals surface area contributed by atoms with Crippen LogP contribution < -0.4 is 11.1 Å². The summed E-state index contributed by atoms with van der Waals surface area (Å²) in [6, 6.07) is 3.24. The summed E-state index contributed by atoms with van der Waals surface area (Å²) >= 11 is 7.77. The van der Waals surface area contributed by atoms with E-state index >= 15 is 0 Å². The van der Waals surface area contributed by atoms with Crippen molar-refractivity contribution in [2.75, 3.05) is 6.54 Å². The van der Waals surface area contributed by atoms with E-state index in [-0.39, 0.29) is 11.7 Å². The van der Waals surface area contributed by atoms with Crippen molar-refractivity contribution in [1.82, 2.24) is 5.32 Å². The van der Waals surface area contributed by atoms with Crippen LogP contribution in [0.2, 0.25) is 0 Å². The Balaban J connectivity index is 2.39. The molecule has 0 atom stereocenters. The molecule has 0 aliphatic carbocycles. The van der Waals surface area contributed by atoms with E-state index in [0.29, 0.717) is 22.6 Å². The average Bonchev–Trinajstić information content (AvgIpc) is 2.51. The lowest BCUT2D eigenvalue weighted by molar-refractivity contribution is 0.0926. The fourth-order valence-electron chi connectivity index (χ4n) is 0.823. The van der Waals surface area contributed by atoms with Crippen molar-refractivity contribution < 1.29 is 9.21 Å². The van der Waals surface area contributed by atoms with Crippen molar-refractivity contribution in [3.8, 4) is 0 Å². The number of carbonyl (C=O) groups excluding carboxylic acids is 1. The molecule has 0 radical (unpaired) electrons. The van der Waals surface area contributed by atoms with E-state index < -0.39 is 0 Å². The van der Waals surface area contributed by atoms with E-state index in [1.54, 1.807) is 12.1 Å². The minimum atomic E-state index is -0.271. The highest BCUT2D eigenvalue weighted by atomic mass is 79.9. The van der Waals surface area contributed by atoms with E-state index in [1.165, 1.54) is 0 Å². The van der Waals surface area contributed by atoms with Gasteiger partial charge in [0.2, 0.25) is 0 Å². The molecule has 0 unspecified atom stereocenters. The molecular formula is C8H9BrN2O2S. The lowest BCUT2D eigenvalue weighted by Crippen LogP contribution is -2.26. The summed E-state index contributed by atoms with van der Waals surface area (Å²) in [7, 11) is 0. The number of carbonyl (C=O) groups is 1. The molecule has 0 bridgehead atoms. The monoisotopic (exact) mass is 276 g/mol. The number of hydrogen-bond donors (Lipinski definition) is 2. The van der Waals surface area contributed by atoms with Gasteiger partial charge in [0.1, 0.15) is 0 Å². The fourth-order valence-corrected chi connectivity index (χ4v) is 1.23. The molecule has 0 saturated heterocycles. The predicted molar refractivity (Wildman–Crippen MR) is 60.1 cm³/mol. The zero-order chi connectivity index (χ0) is 10.6. The zero-order valence-corrected chi connectivity index (χ0v) is 9.65. The van der Waals surface area contributed by atoms with Crippen molar-refractivity contribution in [3.63, 3.8) is 0 Å². The van der Waals surface area contributed by atoms with E-state index in [4.69, 9.17) is 10.2 Å². The van der Waals surface area contributed by atoms with Gasteiger partial charge in [-0.2, -0.15) is 0 Å². The quantitative estimate of drug-likeness (QED) is 0.817. The number of halogens is 1. The fraction of sp³-hybridized carbons (Fsp3) is 0.250. The van der Waals surface area contributed by atoms with Crippen molar-refractivity contribution in [3.05, 3.63) is 22.6 Å². The van der Waals surface area contributed by atoms with Crippen molar-refractivity contribution in [2.45, 2.75) is 6.42 Å². The zero-order valence-electron chi connectivity index (χ0n) is 7.25. The first kappa shape index (κ1) is 11.2. The molecule has 76 valence electrons. The van der Waals surface area contributed by atoms with Gasteiger partial charge in [-0.1, -0.05) is 12.2 Å². The summed E-state index contributed by atoms with van der Waals surface area (Å²) in [4.78, 5) is 11.7. The SMILES string of the molecule is NC(=S)CCNC(=O)c1ccc(Br)o1. The number of amides is 1. The van der Waals surface area contributed by atoms with Gasteiger partial charge < -0.3 is 15.5 Å². The number of rotatable bonds is 4. The maximum atomic E-state index is 11.3. The maximum absolute atomic E-state index is 11.3. The molecule has 1 heterocycles. The van der Waals surface area contributed by atoms with Crippen LogP contribution >= 0.6 is 28.1 Å². The van der Waals surface area contributed by atoms with Crippen LogP contribution in [-0.4, -0.2) is 17.4 Å². The largest absolute Gasteiger partial charge is 0.444 e. The van der Waals surface area contributed by atoms with Crippen molar-refractivity contribution in [1.29, 1.82) is 0 Å². The molecule has 0 fully saturated rings. The Morgan fingerprint density at radius 3 is 2.86 bits per heavy atom. The second kappa shape index (κ2) is 5.11. The van der Waals surface area contributed by atoms with Crippen LogP contribution in [0.5, 0.6) is 0 Å². The summed E-state index contributed by atoms with van der Waals surface area (Å²) in [6.07, 6.45) is 0.489. The predicted octanol–water partition coefficient (Wildman–Crippen LogP) is 1.45. The van der Waals surface area contributed by atoms with Crippen LogP contribution in [0.3, 0.4) is 0 Å². The number of nitrogens with one attached hydrogen (secondary N) is 1. The smallest absolute Gasteiger partial charge is 0.287 e. The van der Waals surface area contributed by atoms with Gasteiger partial charge in [0, 0.05) is 13.0 Å². The van der Waals surface area contributed by atoms with E-state index in [2.05, 4.69) is 33.5 Å². The lowest BCUT2D eigenvalue weighted by atomic mass is 10.4. The maximum Gasteiger partial charge on any atom is 0.287 e. The standard InChI is InChI=1S/C8H9BrN2O2S/c9-6-2-1-5(13-6)8(12)11-4-3-7(10)14/h1-2H,3-4H2,(H2,10,14)(H,11,12). The van der Waals surface area contributed by atoms with Crippen molar-refractivity contribution >= 4 is 39.0 Å². The third-order valence-corrected chi connectivity index (χ3v) is 2.08. The van der Waals surface area contributed by atoms with Gasteiger partial charge in [-0.05, 0) is 28.1 Å². The van der Waals surface area contributed by atoms with Gasteiger partial charge in [0.25, 0.3) is 5.91 Å². The molecule has 6 heteroatoms. The summed E-state index contributed by atoms with van der Waals surface area (Å²) in [5, 5.41) is 2.62. The highest BCUT2D eigenvalue weighted by Crippen LogP contribution is 2.13. The Labute approximate surface area is 95.0 Å². The molecule has 0 saturated carbocycles. The van der Waals surface area contributed by atoms with Crippen LogP contribution in [-0.2, 0) is 0 Å². The highest BCUT2D eigenvalue weighted by Gasteiger charge is 2.08. The van der Waals surface area contributed by atoms with Crippen LogP contribution in [0.15, 0.2) is 21.2 Å². The third kappa shape index (κ3) is 3.47. The molecule has 0 aromatic carbocycles. The lowest BCUT2D eigenvalue weighted by Gasteiger charge is -2.00. The highest BCUT2D eigenvalue weighted by molar-refractivity contribution is 9.10. The van der Waals surface area contributed by atoms with E-state index in [0.717, 1.165) is 0 Å². The summed E-state index contributed by atoms with van der Waals surface area (Å²) in [5.41, 5.74) is 5.27. The van der Waals surface area contributed by atoms with Gasteiger partial charge in [0.05, 0.1) is 4.99 Å². The van der Waals surface area contributed by atoms with E-state index in [1.807, 2.05) is 0 Å². The average molecular weight is 277 g/mol. The van der Waals surface area contributed by atoms with Gasteiger partial charge in [0.15, 0.2) is 10.4 Å². The Kier molecular flexibility index (Phi) is 4.09. The minimum Gasteiger partial charge on any atom is -0.444 e. The molecule has 3 N–H and O–H groups in total. The second-order valence-electron chi connectivity index (χ2n) is 2.58. The Morgan fingerprint density at radius 1 is 1.64 bits per heavy atom. The molecule has 1 amide bonds. The molecule has 0 aliphatic rings. The molecule has 0 aliphatic heterocycles. The molecule has 0 spiro atoms. The molecule has 1 aromatic heterocycles. The minimum absolute atomic E-state index is 0.264. The molecular weight excluding hydrogens is 268 g/mol. The van der Waals surface area contributed by atoms with Gasteiger partial charge in [-0.3, -0.25) is 4.79 Å². The normalized spacial score (nSPS) is 9.79. The number of thiocarbonyl (C=S) groups is 1. The summed E-state index contributed by atoms with van der Waals surface area (Å²) in [5.74, 6) is -0.00763. The van der Waals surface area contributed by atoms with Crippen molar-refractivity contribution in [2.24, 2.45) is 5.73 Å². The number of furan rings is 1. The molecule has 1 aromatic rings.